The molecule has 5 heteroatoms. The van der Waals surface area contributed by atoms with Crippen LogP contribution in [-0.2, 0) is 0 Å². The van der Waals surface area contributed by atoms with Gasteiger partial charge in [0.25, 0.3) is 0 Å². The van der Waals surface area contributed by atoms with Crippen molar-refractivity contribution in [3.05, 3.63) is 68.6 Å². The number of hydrogen-bond donors (Lipinski definition) is 0. The van der Waals surface area contributed by atoms with E-state index in [1.807, 2.05) is 62.4 Å². The predicted octanol–water partition coefficient (Wildman–Crippen LogP) is 5.60. The molecule has 0 fully saturated rings. The molecule has 0 saturated carbocycles. The summed E-state index contributed by atoms with van der Waals surface area (Å²) in [5, 5.41) is 0. The van der Waals surface area contributed by atoms with Gasteiger partial charge in [-0.15, -0.1) is 0 Å². The monoisotopic (exact) mass is 552 g/mol. The van der Waals surface area contributed by atoms with Crippen LogP contribution in [-0.4, -0.2) is 32.5 Å². The molecule has 0 radical (unpaired) electrons. The number of hydrogen-bond acceptors (Lipinski definition) is 2. The molecule has 0 heterocycles. The van der Waals surface area contributed by atoms with Crippen LogP contribution in [0.3, 0.4) is 0 Å². The Morgan fingerprint density at radius 1 is 0.739 bits per heavy atom. The first kappa shape index (κ1) is 18.9. The zero-order valence-electron chi connectivity index (χ0n) is 12.8. The van der Waals surface area contributed by atoms with Crippen molar-refractivity contribution in [3.8, 4) is 0 Å². The van der Waals surface area contributed by atoms with Crippen molar-refractivity contribution >= 4 is 64.3 Å². The first-order chi connectivity index (χ1) is 10.9. The molecule has 23 heavy (non-hydrogen) atoms. The average Bonchev–Trinajstić information content (AvgIpc) is 2.54. The van der Waals surface area contributed by atoms with E-state index in [0.717, 1.165) is 8.95 Å². The van der Waals surface area contributed by atoms with E-state index in [-0.39, 0.29) is 19.5 Å². The molecule has 120 valence electrons. The molecule has 2 aromatic rings. The van der Waals surface area contributed by atoms with Crippen LogP contribution in [0, 0.1) is 0 Å². The normalized spacial score (nSPS) is 13.4. The fraction of sp³-hybridized carbons (Fsp3) is 0.222. The van der Waals surface area contributed by atoms with Gasteiger partial charge in [-0.3, -0.25) is 0 Å². The Morgan fingerprint density at radius 2 is 1.04 bits per heavy atom. The zero-order chi connectivity index (χ0) is 17.0. The van der Waals surface area contributed by atoms with Crippen LogP contribution in [0.1, 0.15) is 34.6 Å². The van der Waals surface area contributed by atoms with Crippen LogP contribution in [0.2, 0.25) is 7.93 Å². The Morgan fingerprint density at radius 3 is 1.35 bits per heavy atom. The number of ketones is 2. The van der Waals surface area contributed by atoms with Gasteiger partial charge in [-0.05, 0) is 0 Å². The van der Waals surface area contributed by atoms with Gasteiger partial charge in [0, 0.05) is 0 Å². The summed E-state index contributed by atoms with van der Waals surface area (Å²) in [6, 6.07) is 14.8. The summed E-state index contributed by atoms with van der Waals surface area (Å²) in [6.07, 6.45) is 0. The summed E-state index contributed by atoms with van der Waals surface area (Å²) in [5.74, 6) is 0.269. The van der Waals surface area contributed by atoms with Crippen LogP contribution in [0.5, 0.6) is 0 Å². The number of carbonyl (C=O) groups excluding carboxylic acids is 2. The molecule has 2 nitrogen and oxygen atoms in total. The number of halogens is 2. The Hall–Kier alpha value is -0.470. The van der Waals surface area contributed by atoms with Crippen molar-refractivity contribution in [2.75, 3.05) is 0 Å². The molecule has 0 spiro atoms. The van der Waals surface area contributed by atoms with Crippen molar-refractivity contribution < 1.29 is 9.59 Å². The van der Waals surface area contributed by atoms with Crippen LogP contribution < -0.4 is 0 Å². The summed E-state index contributed by atoms with van der Waals surface area (Å²) in [6.45, 7) is 3.88. The molecule has 0 amide bonds. The fourth-order valence-corrected chi connectivity index (χ4v) is 5.89. The van der Waals surface area contributed by atoms with Gasteiger partial charge in [0.15, 0.2) is 0 Å². The molecule has 2 aromatic carbocycles. The van der Waals surface area contributed by atoms with Gasteiger partial charge in [0.1, 0.15) is 0 Å². The Labute approximate surface area is 163 Å². The zero-order valence-corrected chi connectivity index (χ0v) is 18.3. The molecule has 0 N–H and O–H groups in total. The molecular weight excluding hydrogens is 536 g/mol. The summed E-state index contributed by atoms with van der Waals surface area (Å²) in [4.78, 5) is 25.0. The third-order valence-corrected chi connectivity index (χ3v) is 8.01. The Bertz CT molecular complexity index is 634. The van der Waals surface area contributed by atoms with Crippen molar-refractivity contribution in [2.24, 2.45) is 0 Å². The third-order valence-electron chi connectivity index (χ3n) is 3.40. The van der Waals surface area contributed by atoms with Crippen LogP contribution in [0.4, 0.5) is 0 Å². The van der Waals surface area contributed by atoms with Crippen LogP contribution in [0.25, 0.3) is 0 Å². The number of benzene rings is 2. The molecule has 0 aliphatic heterocycles. The van der Waals surface area contributed by atoms with E-state index in [9.17, 15) is 9.59 Å². The first-order valence-electron chi connectivity index (χ1n) is 7.13. The quantitative estimate of drug-likeness (QED) is 0.346. The number of rotatable bonds is 6. The van der Waals surface area contributed by atoms with Crippen LogP contribution >= 0.6 is 31.9 Å². The summed E-state index contributed by atoms with van der Waals surface area (Å²) in [5.41, 5.74) is 1.43. The molecule has 2 unspecified atom stereocenters. The van der Waals surface area contributed by atoms with Gasteiger partial charge >= 0.3 is 164 Å². The topological polar surface area (TPSA) is 34.1 Å². The molecule has 0 bridgehead atoms. The molecule has 0 aliphatic rings. The second-order valence-electron chi connectivity index (χ2n) is 5.16. The van der Waals surface area contributed by atoms with Gasteiger partial charge in [-0.2, -0.15) is 0 Å². The van der Waals surface area contributed by atoms with E-state index in [4.69, 9.17) is 0 Å². The predicted molar refractivity (Wildman–Crippen MR) is 102 cm³/mol. The minimum absolute atomic E-state index is 0.0593. The number of Topliss-reactive ketones (excluding diaryl/α,β-unsaturated/α-hetero) is 2. The Kier molecular flexibility index (Phi) is 7.03. The van der Waals surface area contributed by atoms with E-state index in [2.05, 4.69) is 31.9 Å². The second kappa shape index (κ2) is 8.58. The van der Waals surface area contributed by atoms with Gasteiger partial charge < -0.3 is 0 Å². The molecule has 0 saturated heterocycles. The summed E-state index contributed by atoms with van der Waals surface area (Å²) in [7, 11) is 0. The van der Waals surface area contributed by atoms with E-state index in [1.54, 1.807) is 0 Å². The molecule has 2 rings (SSSR count). The van der Waals surface area contributed by atoms with Crippen molar-refractivity contribution in [1.82, 2.24) is 0 Å². The Balaban J connectivity index is 2.02. The fourth-order valence-electron chi connectivity index (χ4n) is 2.13. The molecule has 2 atom stereocenters. The van der Waals surface area contributed by atoms with E-state index < -0.39 is 20.9 Å². The minimum atomic E-state index is -0.774. The third kappa shape index (κ3) is 5.26. The van der Waals surface area contributed by atoms with E-state index in [1.165, 1.54) is 0 Å². The molecule has 0 aliphatic carbocycles. The first-order valence-corrected chi connectivity index (χ1v) is 11.4. The number of carbonyl (C=O) groups is 2. The van der Waals surface area contributed by atoms with E-state index >= 15 is 0 Å². The van der Waals surface area contributed by atoms with Crippen molar-refractivity contribution in [3.63, 3.8) is 0 Å². The van der Waals surface area contributed by atoms with Gasteiger partial charge in [-0.1, -0.05) is 0 Å². The summed E-state index contributed by atoms with van der Waals surface area (Å²) >= 11 is 5.97. The van der Waals surface area contributed by atoms with E-state index in [0.29, 0.717) is 11.1 Å². The second-order valence-corrected chi connectivity index (χ2v) is 11.8. The average molecular weight is 552 g/mol. The van der Waals surface area contributed by atoms with Crippen molar-refractivity contribution in [1.29, 1.82) is 0 Å². The maximum atomic E-state index is 12.5. The standard InChI is InChI=1S/C18H16Br2O2Te/c1-11(17(21)13-3-7-15(19)8-4-13)23-12(2)18(22)14-5-9-16(20)10-6-14/h3-12H,1-2H3. The maximum absolute atomic E-state index is 12.5. The van der Waals surface area contributed by atoms with Gasteiger partial charge in [-0.25, -0.2) is 0 Å². The van der Waals surface area contributed by atoms with Gasteiger partial charge in [0.05, 0.1) is 0 Å². The SMILES string of the molecule is CC([Te]C(C)C(=O)c1ccc(Br)cc1)C(=O)c1ccc(Br)cc1. The molecule has 0 aromatic heterocycles. The van der Waals surface area contributed by atoms with Crippen LogP contribution in [0.15, 0.2) is 57.5 Å². The molecular formula is C18H16Br2O2Te. The van der Waals surface area contributed by atoms with Crippen molar-refractivity contribution in [2.45, 2.75) is 21.8 Å². The van der Waals surface area contributed by atoms with Gasteiger partial charge in [0.2, 0.25) is 0 Å². The summed E-state index contributed by atoms with van der Waals surface area (Å²) < 4.78 is 1.79.